The first-order chi connectivity index (χ1) is 14.2. The zero-order chi connectivity index (χ0) is 20.1. The Bertz CT molecular complexity index is 941. The van der Waals surface area contributed by atoms with Crippen LogP contribution in [0.25, 0.3) is 11.0 Å². The third kappa shape index (κ3) is 4.72. The van der Waals surface area contributed by atoms with Crippen LogP contribution in [0.2, 0.25) is 0 Å². The van der Waals surface area contributed by atoms with E-state index in [1.807, 2.05) is 42.4 Å². The Morgan fingerprint density at radius 2 is 2.21 bits per heavy atom. The minimum Gasteiger partial charge on any atom is -0.356 e. The highest BCUT2D eigenvalue weighted by molar-refractivity contribution is 5.87. The number of aromatic nitrogens is 4. The van der Waals surface area contributed by atoms with E-state index in [9.17, 15) is 4.79 Å². The van der Waals surface area contributed by atoms with Gasteiger partial charge in [0.1, 0.15) is 17.8 Å². The highest BCUT2D eigenvalue weighted by Crippen LogP contribution is 2.28. The number of carbonyl (C=O) groups excluding carboxylic acids is 1. The number of likely N-dealkylation sites (N-methyl/N-ethyl adjacent to an activating group) is 1. The van der Waals surface area contributed by atoms with Gasteiger partial charge in [0.05, 0.1) is 5.39 Å². The molecule has 0 radical (unpaired) electrons. The van der Waals surface area contributed by atoms with Crippen LogP contribution in [0.4, 0.5) is 5.82 Å². The number of H-pyrrole nitrogens is 1. The summed E-state index contributed by atoms with van der Waals surface area (Å²) in [6, 6.07) is 7.93. The van der Waals surface area contributed by atoms with Gasteiger partial charge in [-0.25, -0.2) is 9.97 Å². The van der Waals surface area contributed by atoms with Gasteiger partial charge in [0, 0.05) is 57.6 Å². The van der Waals surface area contributed by atoms with Crippen LogP contribution in [-0.2, 0) is 11.2 Å². The minimum absolute atomic E-state index is 0.216. The van der Waals surface area contributed by atoms with Crippen LogP contribution >= 0.6 is 0 Å². The van der Waals surface area contributed by atoms with Gasteiger partial charge >= 0.3 is 0 Å². The van der Waals surface area contributed by atoms with Crippen molar-refractivity contribution in [2.45, 2.75) is 32.1 Å². The number of hydrogen-bond acceptors (Lipinski definition) is 5. The number of aromatic amines is 1. The van der Waals surface area contributed by atoms with Gasteiger partial charge in [0.25, 0.3) is 0 Å². The average Bonchev–Trinajstić information content (AvgIpc) is 3.25. The first-order valence-corrected chi connectivity index (χ1v) is 10.4. The van der Waals surface area contributed by atoms with Crippen LogP contribution in [0.5, 0.6) is 0 Å². The number of piperidine rings is 1. The van der Waals surface area contributed by atoms with Gasteiger partial charge in [-0.2, -0.15) is 0 Å². The van der Waals surface area contributed by atoms with E-state index < -0.39 is 0 Å². The van der Waals surface area contributed by atoms with Crippen molar-refractivity contribution in [3.05, 3.63) is 48.7 Å². The lowest BCUT2D eigenvalue weighted by Gasteiger charge is -2.34. The van der Waals surface area contributed by atoms with E-state index in [2.05, 4.69) is 24.8 Å². The Labute approximate surface area is 171 Å². The number of pyridine rings is 1. The number of fused-ring (bicyclic) bond motifs is 1. The second-order valence-corrected chi connectivity index (χ2v) is 7.82. The smallest absolute Gasteiger partial charge is 0.222 e. The normalized spacial score (nSPS) is 16.9. The summed E-state index contributed by atoms with van der Waals surface area (Å²) in [5.41, 5.74) is 1.90. The largest absolute Gasteiger partial charge is 0.356 e. The summed E-state index contributed by atoms with van der Waals surface area (Å²) in [6.45, 7) is 2.66. The molecule has 0 spiro atoms. The lowest BCUT2D eigenvalue weighted by atomic mass is 9.93. The molecule has 152 valence electrons. The van der Waals surface area contributed by atoms with Gasteiger partial charge in [-0.05, 0) is 43.4 Å². The fraction of sp³-hybridized carbons (Fsp3) is 0.455. The molecule has 1 N–H and O–H groups in total. The van der Waals surface area contributed by atoms with Crippen molar-refractivity contribution in [1.29, 1.82) is 0 Å². The molecule has 1 fully saturated rings. The maximum absolute atomic E-state index is 12.6. The Hall–Kier alpha value is -2.96. The summed E-state index contributed by atoms with van der Waals surface area (Å²) in [4.78, 5) is 33.0. The molecule has 1 amide bonds. The summed E-state index contributed by atoms with van der Waals surface area (Å²) >= 11 is 0. The zero-order valence-electron chi connectivity index (χ0n) is 16.9. The molecular weight excluding hydrogens is 364 g/mol. The molecule has 1 aliphatic rings. The second-order valence-electron chi connectivity index (χ2n) is 7.82. The fourth-order valence-electron chi connectivity index (χ4n) is 4.08. The van der Waals surface area contributed by atoms with E-state index in [0.717, 1.165) is 54.9 Å². The SMILES string of the molecule is CN(CCc1ccccn1)C(=O)CC[C@@H]1CCCN(c2ncnc3[nH]ccc23)C1. The summed E-state index contributed by atoms with van der Waals surface area (Å²) in [5.74, 6) is 1.73. The van der Waals surface area contributed by atoms with Crippen LogP contribution in [0.1, 0.15) is 31.4 Å². The summed E-state index contributed by atoms with van der Waals surface area (Å²) in [7, 11) is 1.89. The number of rotatable bonds is 7. The molecule has 0 bridgehead atoms. The van der Waals surface area contributed by atoms with Gasteiger partial charge in [-0.3, -0.25) is 9.78 Å². The predicted octanol–water partition coefficient (Wildman–Crippen LogP) is 3.05. The highest BCUT2D eigenvalue weighted by Gasteiger charge is 2.23. The van der Waals surface area contributed by atoms with Crippen molar-refractivity contribution in [3.8, 4) is 0 Å². The van der Waals surface area contributed by atoms with Crippen LogP contribution < -0.4 is 4.90 Å². The Morgan fingerprint density at radius 1 is 1.28 bits per heavy atom. The molecule has 0 aliphatic carbocycles. The molecule has 4 rings (SSSR count). The Balaban J connectivity index is 1.28. The lowest BCUT2D eigenvalue weighted by Crippen LogP contribution is -2.37. The van der Waals surface area contributed by atoms with E-state index in [4.69, 9.17) is 0 Å². The predicted molar refractivity (Wildman–Crippen MR) is 114 cm³/mol. The van der Waals surface area contributed by atoms with Crippen LogP contribution in [-0.4, -0.2) is 57.4 Å². The Kier molecular flexibility index (Phi) is 6.03. The topological polar surface area (TPSA) is 78.0 Å². The fourth-order valence-corrected chi connectivity index (χ4v) is 4.08. The van der Waals surface area contributed by atoms with E-state index in [1.165, 1.54) is 6.42 Å². The van der Waals surface area contributed by atoms with Crippen molar-refractivity contribution in [2.24, 2.45) is 5.92 Å². The van der Waals surface area contributed by atoms with Gasteiger partial charge in [-0.15, -0.1) is 0 Å². The first kappa shape index (κ1) is 19.4. The molecule has 0 aromatic carbocycles. The number of carbonyl (C=O) groups is 1. The third-order valence-electron chi connectivity index (χ3n) is 5.77. The molecule has 1 atom stereocenters. The van der Waals surface area contributed by atoms with Crippen molar-refractivity contribution in [2.75, 3.05) is 31.6 Å². The van der Waals surface area contributed by atoms with Crippen molar-refractivity contribution in [1.82, 2.24) is 24.8 Å². The van der Waals surface area contributed by atoms with Crippen LogP contribution in [0.3, 0.4) is 0 Å². The molecule has 0 saturated carbocycles. The van der Waals surface area contributed by atoms with E-state index in [1.54, 1.807) is 12.5 Å². The number of anilines is 1. The third-order valence-corrected chi connectivity index (χ3v) is 5.77. The number of nitrogens with zero attached hydrogens (tertiary/aromatic N) is 5. The van der Waals surface area contributed by atoms with Gasteiger partial charge in [0.15, 0.2) is 0 Å². The van der Waals surface area contributed by atoms with Crippen LogP contribution in [0, 0.1) is 5.92 Å². The molecule has 4 heterocycles. The van der Waals surface area contributed by atoms with Gasteiger partial charge < -0.3 is 14.8 Å². The maximum atomic E-state index is 12.6. The summed E-state index contributed by atoms with van der Waals surface area (Å²) in [6.07, 6.45) is 9.94. The van der Waals surface area contributed by atoms with E-state index in [0.29, 0.717) is 18.9 Å². The second kappa shape index (κ2) is 9.03. The average molecular weight is 393 g/mol. The zero-order valence-corrected chi connectivity index (χ0v) is 16.9. The standard InChI is InChI=1S/C22H28N6O/c1-27(14-10-18-6-2-3-11-23-18)20(29)8-7-17-5-4-13-28(15-17)22-19-9-12-24-21(19)25-16-26-22/h2-3,6,9,11-12,16-17H,4-5,7-8,10,13-15H2,1H3,(H,24,25,26)/t17-/m0/s1. The van der Waals surface area contributed by atoms with Crippen molar-refractivity contribution >= 4 is 22.8 Å². The van der Waals surface area contributed by atoms with Gasteiger partial charge in [-0.1, -0.05) is 6.07 Å². The van der Waals surface area contributed by atoms with E-state index >= 15 is 0 Å². The number of hydrogen-bond donors (Lipinski definition) is 1. The summed E-state index contributed by atoms with van der Waals surface area (Å²) < 4.78 is 0. The molecule has 1 saturated heterocycles. The van der Waals surface area contributed by atoms with Crippen molar-refractivity contribution < 1.29 is 4.79 Å². The minimum atomic E-state index is 0.216. The molecular formula is C22H28N6O. The quantitative estimate of drug-likeness (QED) is 0.669. The van der Waals surface area contributed by atoms with Crippen molar-refractivity contribution in [3.63, 3.8) is 0 Å². The van der Waals surface area contributed by atoms with Gasteiger partial charge in [0.2, 0.25) is 5.91 Å². The molecule has 3 aromatic rings. The molecule has 7 nitrogen and oxygen atoms in total. The Morgan fingerprint density at radius 3 is 3.07 bits per heavy atom. The summed E-state index contributed by atoms with van der Waals surface area (Å²) in [5, 5.41) is 1.07. The van der Waals surface area contributed by atoms with Crippen LogP contribution in [0.15, 0.2) is 43.0 Å². The molecule has 1 aliphatic heterocycles. The molecule has 7 heteroatoms. The molecule has 0 unspecified atom stereocenters. The lowest BCUT2D eigenvalue weighted by molar-refractivity contribution is -0.130. The molecule has 3 aromatic heterocycles. The maximum Gasteiger partial charge on any atom is 0.222 e. The van der Waals surface area contributed by atoms with E-state index in [-0.39, 0.29) is 5.91 Å². The first-order valence-electron chi connectivity index (χ1n) is 10.4. The number of amides is 1. The molecule has 29 heavy (non-hydrogen) atoms. The number of nitrogens with one attached hydrogen (secondary N) is 1. The highest BCUT2D eigenvalue weighted by atomic mass is 16.2. The monoisotopic (exact) mass is 392 g/mol.